The van der Waals surface area contributed by atoms with Gasteiger partial charge in [-0.25, -0.2) is 4.98 Å². The largest absolute Gasteiger partial charge is 0.481 e. The zero-order valence-electron chi connectivity index (χ0n) is 7.70. The minimum atomic E-state index is -0.342. The average Bonchev–Trinajstić information content (AvgIpc) is 2.70. The van der Waals surface area contributed by atoms with Gasteiger partial charge in [-0.2, -0.15) is 0 Å². The molecule has 0 spiro atoms. The van der Waals surface area contributed by atoms with Crippen LogP contribution in [0.3, 0.4) is 0 Å². The molecule has 1 saturated heterocycles. The van der Waals surface area contributed by atoms with Gasteiger partial charge in [0.2, 0.25) is 5.88 Å². The Labute approximate surface area is 90.3 Å². The first-order valence-corrected chi connectivity index (χ1v) is 5.04. The zero-order chi connectivity index (χ0) is 9.97. The Bertz CT molecular complexity index is 326. The van der Waals surface area contributed by atoms with Crippen LogP contribution >= 0.6 is 15.9 Å². The minimum Gasteiger partial charge on any atom is -0.481 e. The molecule has 4 nitrogen and oxygen atoms in total. The quantitative estimate of drug-likeness (QED) is 0.761. The third kappa shape index (κ3) is 1.89. The fourth-order valence-corrected chi connectivity index (χ4v) is 1.60. The van der Waals surface area contributed by atoms with Crippen LogP contribution in [0.4, 0.5) is 0 Å². The molecule has 0 N–H and O–H groups in total. The minimum absolute atomic E-state index is 0.342. The van der Waals surface area contributed by atoms with Gasteiger partial charge in [0.1, 0.15) is 4.60 Å². The van der Waals surface area contributed by atoms with E-state index in [1.165, 1.54) is 0 Å². The number of ether oxygens (including phenoxy) is 3. The Morgan fingerprint density at radius 2 is 2.14 bits per heavy atom. The molecular weight excluding hydrogens is 250 g/mol. The second-order valence-corrected chi connectivity index (χ2v) is 3.62. The number of aromatic nitrogens is 1. The Balaban J connectivity index is 2.31. The number of halogens is 1. The maximum Gasteiger partial charge on any atom is 0.222 e. The van der Waals surface area contributed by atoms with Gasteiger partial charge in [0.05, 0.1) is 25.9 Å². The third-order valence-corrected chi connectivity index (χ3v) is 2.37. The molecule has 0 atom stereocenters. The third-order valence-electron chi connectivity index (χ3n) is 1.92. The molecule has 5 heteroatoms. The molecule has 0 amide bonds. The van der Waals surface area contributed by atoms with E-state index in [2.05, 4.69) is 20.9 Å². The van der Waals surface area contributed by atoms with Crippen LogP contribution in [0.1, 0.15) is 11.9 Å². The molecule has 1 aromatic rings. The number of hydrogen-bond donors (Lipinski definition) is 0. The molecule has 0 unspecified atom stereocenters. The van der Waals surface area contributed by atoms with Crippen molar-refractivity contribution in [2.24, 2.45) is 0 Å². The number of hydrogen-bond acceptors (Lipinski definition) is 4. The van der Waals surface area contributed by atoms with E-state index in [1.54, 1.807) is 7.11 Å². The van der Waals surface area contributed by atoms with E-state index in [1.807, 2.05) is 12.1 Å². The standard InChI is InChI=1S/C9H10BrNO3/c1-12-8-6(2-3-7(10)11-8)9-13-4-5-14-9/h2-3,9H,4-5H2,1H3. The lowest BCUT2D eigenvalue weighted by Gasteiger charge is -2.12. The van der Waals surface area contributed by atoms with Crippen molar-refractivity contribution in [1.29, 1.82) is 0 Å². The Hall–Kier alpha value is -0.650. The van der Waals surface area contributed by atoms with Gasteiger partial charge < -0.3 is 14.2 Å². The van der Waals surface area contributed by atoms with Gasteiger partial charge in [0, 0.05) is 0 Å². The van der Waals surface area contributed by atoms with E-state index in [-0.39, 0.29) is 6.29 Å². The number of pyridine rings is 1. The highest BCUT2D eigenvalue weighted by Gasteiger charge is 2.22. The van der Waals surface area contributed by atoms with Crippen molar-refractivity contribution in [1.82, 2.24) is 4.98 Å². The summed E-state index contributed by atoms with van der Waals surface area (Å²) in [4.78, 5) is 4.17. The van der Waals surface area contributed by atoms with Crippen LogP contribution in [0, 0.1) is 0 Å². The lowest BCUT2D eigenvalue weighted by Crippen LogP contribution is -2.02. The smallest absolute Gasteiger partial charge is 0.222 e. The van der Waals surface area contributed by atoms with Crippen molar-refractivity contribution >= 4 is 15.9 Å². The highest BCUT2D eigenvalue weighted by molar-refractivity contribution is 9.10. The van der Waals surface area contributed by atoms with Crippen LogP contribution in [-0.2, 0) is 9.47 Å². The summed E-state index contributed by atoms with van der Waals surface area (Å²) in [6, 6.07) is 3.72. The van der Waals surface area contributed by atoms with Gasteiger partial charge in [-0.3, -0.25) is 0 Å². The second-order valence-electron chi connectivity index (χ2n) is 2.81. The highest BCUT2D eigenvalue weighted by Crippen LogP contribution is 2.30. The summed E-state index contributed by atoms with van der Waals surface area (Å²) < 4.78 is 16.6. The van der Waals surface area contributed by atoms with Gasteiger partial charge in [0.25, 0.3) is 0 Å². The summed E-state index contributed by atoms with van der Waals surface area (Å²) in [5.41, 5.74) is 0.827. The molecule has 0 bridgehead atoms. The lowest BCUT2D eigenvalue weighted by molar-refractivity contribution is -0.0458. The fraction of sp³-hybridized carbons (Fsp3) is 0.444. The van der Waals surface area contributed by atoms with Crippen LogP contribution in [0.25, 0.3) is 0 Å². The molecule has 76 valence electrons. The van der Waals surface area contributed by atoms with Gasteiger partial charge in [0.15, 0.2) is 6.29 Å². The predicted octanol–water partition coefficient (Wildman–Crippen LogP) is 1.90. The molecule has 1 aliphatic heterocycles. The first-order valence-electron chi connectivity index (χ1n) is 4.25. The zero-order valence-corrected chi connectivity index (χ0v) is 9.28. The normalized spacial score (nSPS) is 17.3. The molecule has 1 aromatic heterocycles. The SMILES string of the molecule is COc1nc(Br)ccc1C1OCCO1. The Morgan fingerprint density at radius 1 is 1.43 bits per heavy atom. The molecule has 0 saturated carbocycles. The van der Waals surface area contributed by atoms with E-state index in [0.29, 0.717) is 19.1 Å². The van der Waals surface area contributed by atoms with E-state index in [9.17, 15) is 0 Å². The average molecular weight is 260 g/mol. The van der Waals surface area contributed by atoms with E-state index in [4.69, 9.17) is 14.2 Å². The summed E-state index contributed by atoms with van der Waals surface area (Å²) in [6.07, 6.45) is -0.342. The topological polar surface area (TPSA) is 40.6 Å². The molecule has 2 rings (SSSR count). The molecule has 0 radical (unpaired) electrons. The van der Waals surface area contributed by atoms with Crippen molar-refractivity contribution in [2.45, 2.75) is 6.29 Å². The van der Waals surface area contributed by atoms with Crippen LogP contribution in [0.2, 0.25) is 0 Å². The van der Waals surface area contributed by atoms with Gasteiger partial charge in [-0.05, 0) is 28.1 Å². The fourth-order valence-electron chi connectivity index (χ4n) is 1.31. The molecular formula is C9H10BrNO3. The van der Waals surface area contributed by atoms with Crippen molar-refractivity contribution in [3.8, 4) is 5.88 Å². The maximum absolute atomic E-state index is 5.36. The van der Waals surface area contributed by atoms with Crippen LogP contribution in [-0.4, -0.2) is 25.3 Å². The molecule has 1 aliphatic rings. The van der Waals surface area contributed by atoms with Crippen molar-refractivity contribution in [2.75, 3.05) is 20.3 Å². The summed E-state index contributed by atoms with van der Waals surface area (Å²) in [7, 11) is 1.58. The van der Waals surface area contributed by atoms with Crippen molar-refractivity contribution < 1.29 is 14.2 Å². The van der Waals surface area contributed by atoms with Crippen LogP contribution in [0.15, 0.2) is 16.7 Å². The van der Waals surface area contributed by atoms with Gasteiger partial charge in [-0.15, -0.1) is 0 Å². The van der Waals surface area contributed by atoms with E-state index < -0.39 is 0 Å². The molecule has 14 heavy (non-hydrogen) atoms. The Morgan fingerprint density at radius 3 is 2.79 bits per heavy atom. The molecule has 0 aliphatic carbocycles. The summed E-state index contributed by atoms with van der Waals surface area (Å²) in [5.74, 6) is 0.534. The lowest BCUT2D eigenvalue weighted by atomic mass is 10.2. The summed E-state index contributed by atoms with van der Waals surface area (Å²) in [6.45, 7) is 1.23. The predicted molar refractivity (Wildman–Crippen MR) is 53.1 cm³/mol. The molecule has 0 aromatic carbocycles. The van der Waals surface area contributed by atoms with E-state index >= 15 is 0 Å². The van der Waals surface area contributed by atoms with Crippen molar-refractivity contribution in [3.63, 3.8) is 0 Å². The molecule has 2 heterocycles. The van der Waals surface area contributed by atoms with Gasteiger partial charge in [-0.1, -0.05) is 0 Å². The maximum atomic E-state index is 5.36. The summed E-state index contributed by atoms with van der Waals surface area (Å²) in [5, 5.41) is 0. The number of methoxy groups -OCH3 is 1. The number of nitrogens with zero attached hydrogens (tertiary/aromatic N) is 1. The number of rotatable bonds is 2. The molecule has 1 fully saturated rings. The Kier molecular flexibility index (Phi) is 3.00. The van der Waals surface area contributed by atoms with Crippen LogP contribution in [0.5, 0.6) is 5.88 Å². The van der Waals surface area contributed by atoms with E-state index in [0.717, 1.165) is 10.2 Å². The first-order chi connectivity index (χ1) is 6.81. The van der Waals surface area contributed by atoms with Crippen LogP contribution < -0.4 is 4.74 Å². The first kappa shape index (κ1) is 9.89. The monoisotopic (exact) mass is 259 g/mol. The highest BCUT2D eigenvalue weighted by atomic mass is 79.9. The van der Waals surface area contributed by atoms with Gasteiger partial charge >= 0.3 is 0 Å². The summed E-state index contributed by atoms with van der Waals surface area (Å²) >= 11 is 3.27. The second kappa shape index (κ2) is 4.25. The van der Waals surface area contributed by atoms with Crippen molar-refractivity contribution in [3.05, 3.63) is 22.3 Å².